The molecule has 0 bridgehead atoms. The van der Waals surface area contributed by atoms with E-state index in [1.807, 2.05) is 0 Å². The van der Waals surface area contributed by atoms with Crippen LogP contribution >= 0.6 is 0 Å². The van der Waals surface area contributed by atoms with Crippen molar-refractivity contribution in [2.45, 2.75) is 13.3 Å². The lowest BCUT2D eigenvalue weighted by molar-refractivity contribution is 1.14. The lowest BCUT2D eigenvalue weighted by atomic mass is 10.1. The van der Waals surface area contributed by atoms with E-state index >= 15 is 0 Å². The van der Waals surface area contributed by atoms with Crippen molar-refractivity contribution in [3.8, 4) is 0 Å². The molecule has 0 unspecified atom stereocenters. The van der Waals surface area contributed by atoms with Crippen molar-refractivity contribution in [1.29, 1.82) is 0 Å². The Kier molecular flexibility index (Phi) is 6.40. The molecule has 5 aromatic carbocycles. The van der Waals surface area contributed by atoms with E-state index in [0.29, 0.717) is 0 Å². The number of para-hydroxylation sites is 3. The minimum absolute atomic E-state index is 1.04. The Morgan fingerprint density at radius 2 is 0.618 bits per heavy atom. The molecule has 0 aliphatic heterocycles. The maximum atomic E-state index is 2.30. The summed E-state index contributed by atoms with van der Waals surface area (Å²) in [5.41, 5.74) is 8.15. The van der Waals surface area contributed by atoms with Crippen LogP contribution < -0.4 is 9.80 Å². The lowest BCUT2D eigenvalue weighted by Gasteiger charge is -2.28. The van der Waals surface area contributed by atoms with E-state index < -0.39 is 0 Å². The first-order valence-corrected chi connectivity index (χ1v) is 11.8. The molecule has 2 heteroatoms. The fourth-order valence-corrected chi connectivity index (χ4v) is 4.26. The summed E-state index contributed by atoms with van der Waals surface area (Å²) in [6.45, 7) is 2.19. The van der Waals surface area contributed by atoms with Crippen LogP contribution in [0.4, 0.5) is 34.1 Å². The third kappa shape index (κ3) is 4.57. The highest BCUT2D eigenvalue weighted by Gasteiger charge is 2.15. The van der Waals surface area contributed by atoms with Gasteiger partial charge in [0, 0.05) is 34.1 Å². The highest BCUT2D eigenvalue weighted by molar-refractivity contribution is 5.81. The largest absolute Gasteiger partial charge is 0.311 e. The maximum absolute atomic E-state index is 2.30. The molecule has 5 rings (SSSR count). The minimum atomic E-state index is 1.04. The number of benzene rings is 5. The zero-order valence-corrected chi connectivity index (χ0v) is 19.4. The molecule has 0 atom stereocenters. The summed E-state index contributed by atoms with van der Waals surface area (Å²) in [5.74, 6) is 0. The van der Waals surface area contributed by atoms with Crippen LogP contribution in [0.25, 0.3) is 0 Å². The Morgan fingerprint density at radius 1 is 0.353 bits per heavy atom. The number of hydrogen-bond acceptors (Lipinski definition) is 2. The van der Waals surface area contributed by atoms with Crippen molar-refractivity contribution in [1.82, 2.24) is 0 Å². The van der Waals surface area contributed by atoms with Crippen LogP contribution in [0.2, 0.25) is 0 Å². The molecule has 2 nitrogen and oxygen atoms in total. The third-order valence-corrected chi connectivity index (χ3v) is 6.01. The molecule has 5 aromatic rings. The van der Waals surface area contributed by atoms with Gasteiger partial charge in [-0.2, -0.15) is 0 Å². The van der Waals surface area contributed by atoms with Gasteiger partial charge < -0.3 is 9.80 Å². The molecule has 0 heterocycles. The standard InChI is InChI=1S/C32H28N2/c1-2-26-18-20-30(21-19-26)34(29-16-10-5-11-17-29)32-24-22-31(23-25-32)33(27-12-6-3-7-13-27)28-14-8-4-9-15-28/h3-25H,2H2,1H3. The van der Waals surface area contributed by atoms with Crippen molar-refractivity contribution >= 4 is 34.1 Å². The van der Waals surface area contributed by atoms with E-state index in [0.717, 1.165) is 40.5 Å². The van der Waals surface area contributed by atoms with Crippen LogP contribution in [0, 0.1) is 0 Å². The highest BCUT2D eigenvalue weighted by Crippen LogP contribution is 2.38. The number of anilines is 6. The average molecular weight is 441 g/mol. The number of hydrogen-bond donors (Lipinski definition) is 0. The molecule has 0 aromatic heterocycles. The van der Waals surface area contributed by atoms with E-state index in [2.05, 4.69) is 156 Å². The second-order valence-electron chi connectivity index (χ2n) is 8.21. The Morgan fingerprint density at radius 3 is 0.912 bits per heavy atom. The molecular formula is C32H28N2. The van der Waals surface area contributed by atoms with Gasteiger partial charge in [0.1, 0.15) is 0 Å². The maximum Gasteiger partial charge on any atom is 0.0463 e. The highest BCUT2D eigenvalue weighted by atomic mass is 15.2. The fourth-order valence-electron chi connectivity index (χ4n) is 4.26. The summed E-state index contributed by atoms with van der Waals surface area (Å²) in [6, 6.07) is 49.2. The first kappa shape index (κ1) is 21.5. The molecule has 0 saturated heterocycles. The normalized spacial score (nSPS) is 10.6. The molecule has 0 N–H and O–H groups in total. The summed E-state index contributed by atoms with van der Waals surface area (Å²) in [7, 11) is 0. The Labute approximate surface area is 202 Å². The lowest BCUT2D eigenvalue weighted by Crippen LogP contribution is -2.12. The predicted molar refractivity (Wildman–Crippen MR) is 145 cm³/mol. The van der Waals surface area contributed by atoms with Gasteiger partial charge in [0.15, 0.2) is 0 Å². The number of nitrogens with zero attached hydrogens (tertiary/aromatic N) is 2. The van der Waals surface area contributed by atoms with Crippen LogP contribution in [0.15, 0.2) is 140 Å². The van der Waals surface area contributed by atoms with Crippen LogP contribution in [0.1, 0.15) is 12.5 Å². The Hall–Kier alpha value is -4.30. The van der Waals surface area contributed by atoms with Gasteiger partial charge in [0.05, 0.1) is 0 Å². The van der Waals surface area contributed by atoms with E-state index in [9.17, 15) is 0 Å². The molecule has 34 heavy (non-hydrogen) atoms. The molecular weight excluding hydrogens is 412 g/mol. The van der Waals surface area contributed by atoms with Crippen LogP contribution in [0.3, 0.4) is 0 Å². The minimum Gasteiger partial charge on any atom is -0.311 e. The van der Waals surface area contributed by atoms with Gasteiger partial charge in [0.25, 0.3) is 0 Å². The van der Waals surface area contributed by atoms with Crippen molar-refractivity contribution in [2.75, 3.05) is 9.80 Å². The summed E-state index contributed by atoms with van der Waals surface area (Å²) < 4.78 is 0. The third-order valence-electron chi connectivity index (χ3n) is 6.01. The molecule has 166 valence electrons. The molecule has 0 saturated carbocycles. The monoisotopic (exact) mass is 440 g/mol. The zero-order chi connectivity index (χ0) is 23.2. The molecule has 0 fully saturated rings. The molecule has 0 amide bonds. The number of aryl methyl sites for hydroxylation is 1. The summed E-state index contributed by atoms with van der Waals surface area (Å²) in [6.07, 6.45) is 1.04. The quantitative estimate of drug-likeness (QED) is 0.249. The summed E-state index contributed by atoms with van der Waals surface area (Å²) >= 11 is 0. The average Bonchev–Trinajstić information content (AvgIpc) is 2.92. The van der Waals surface area contributed by atoms with Crippen LogP contribution in [0.5, 0.6) is 0 Å². The zero-order valence-electron chi connectivity index (χ0n) is 19.4. The Bertz CT molecular complexity index is 1260. The predicted octanol–water partition coefficient (Wildman–Crippen LogP) is 9.19. The Balaban J connectivity index is 1.56. The van der Waals surface area contributed by atoms with E-state index in [-0.39, 0.29) is 0 Å². The van der Waals surface area contributed by atoms with E-state index in [1.54, 1.807) is 0 Å². The van der Waals surface area contributed by atoms with Gasteiger partial charge in [0.2, 0.25) is 0 Å². The van der Waals surface area contributed by atoms with Crippen LogP contribution in [-0.4, -0.2) is 0 Å². The molecule has 0 aliphatic rings. The van der Waals surface area contributed by atoms with Crippen molar-refractivity contribution in [3.05, 3.63) is 145 Å². The van der Waals surface area contributed by atoms with Crippen LogP contribution in [-0.2, 0) is 6.42 Å². The van der Waals surface area contributed by atoms with E-state index in [4.69, 9.17) is 0 Å². The SMILES string of the molecule is CCc1ccc(N(c2ccccc2)c2ccc(N(c3ccccc3)c3ccccc3)cc2)cc1. The van der Waals surface area contributed by atoms with Crippen molar-refractivity contribution < 1.29 is 0 Å². The number of rotatable bonds is 7. The summed E-state index contributed by atoms with van der Waals surface area (Å²) in [5, 5.41) is 0. The topological polar surface area (TPSA) is 6.48 Å². The first-order chi connectivity index (χ1) is 16.8. The van der Waals surface area contributed by atoms with Gasteiger partial charge >= 0.3 is 0 Å². The van der Waals surface area contributed by atoms with Gasteiger partial charge in [-0.3, -0.25) is 0 Å². The molecule has 0 aliphatic carbocycles. The van der Waals surface area contributed by atoms with Crippen molar-refractivity contribution in [2.24, 2.45) is 0 Å². The van der Waals surface area contributed by atoms with Gasteiger partial charge in [-0.05, 0) is 84.8 Å². The van der Waals surface area contributed by atoms with E-state index in [1.165, 1.54) is 5.56 Å². The second kappa shape index (κ2) is 10.1. The van der Waals surface area contributed by atoms with Gasteiger partial charge in [-0.25, -0.2) is 0 Å². The first-order valence-electron chi connectivity index (χ1n) is 11.8. The second-order valence-corrected chi connectivity index (χ2v) is 8.21. The smallest absolute Gasteiger partial charge is 0.0463 e. The molecule has 0 radical (unpaired) electrons. The molecule has 0 spiro atoms. The fraction of sp³-hybridized carbons (Fsp3) is 0.0625. The van der Waals surface area contributed by atoms with Gasteiger partial charge in [-0.1, -0.05) is 73.7 Å². The summed E-state index contributed by atoms with van der Waals surface area (Å²) in [4.78, 5) is 4.59. The van der Waals surface area contributed by atoms with Gasteiger partial charge in [-0.15, -0.1) is 0 Å². The van der Waals surface area contributed by atoms with Crippen molar-refractivity contribution in [3.63, 3.8) is 0 Å².